The highest BCUT2D eigenvalue weighted by molar-refractivity contribution is 9.08. The van der Waals surface area contributed by atoms with Crippen LogP contribution in [0, 0.1) is 0 Å². The highest BCUT2D eigenvalue weighted by Gasteiger charge is 2.21. The summed E-state index contributed by atoms with van der Waals surface area (Å²) in [5.41, 5.74) is 1.94. The molecule has 0 aliphatic carbocycles. The molecule has 0 radical (unpaired) electrons. The Morgan fingerprint density at radius 1 is 1.67 bits per heavy atom. The molecule has 0 unspecified atom stereocenters. The van der Waals surface area contributed by atoms with Crippen LogP contribution in [0.25, 0.3) is 0 Å². The van der Waals surface area contributed by atoms with E-state index in [0.29, 0.717) is 11.0 Å². The number of rotatable bonds is 4. The maximum atomic E-state index is 11.8. The molecule has 0 aliphatic rings. The first kappa shape index (κ1) is 12.1. The van der Waals surface area contributed by atoms with E-state index in [1.54, 1.807) is 5.51 Å². The minimum atomic E-state index is -0.380. The summed E-state index contributed by atoms with van der Waals surface area (Å²) >= 11 is 4.67. The van der Waals surface area contributed by atoms with E-state index in [9.17, 15) is 4.79 Å². The van der Waals surface area contributed by atoms with Crippen LogP contribution in [0.1, 0.15) is 15.4 Å². The number of ketones is 1. The standard InChI is InChI=1S/C8H9BrN2O3S/c1-13-8(11-14-2)7(12)6-5(3-9)15-4-10-6/h4H,3H2,1-2H3. The zero-order chi connectivity index (χ0) is 11.3. The number of carbonyl (C=O) groups is 1. The molecular formula is C8H9BrN2O3S. The summed E-state index contributed by atoms with van der Waals surface area (Å²) in [7, 11) is 2.70. The number of carbonyl (C=O) groups excluding carboxylic acids is 1. The second-order valence-corrected chi connectivity index (χ2v) is 3.87. The highest BCUT2D eigenvalue weighted by atomic mass is 79.9. The first-order valence-corrected chi connectivity index (χ1v) is 5.92. The average Bonchev–Trinajstić information content (AvgIpc) is 2.72. The van der Waals surface area contributed by atoms with Crippen molar-refractivity contribution in [2.75, 3.05) is 14.2 Å². The molecular weight excluding hydrogens is 284 g/mol. The normalized spacial score (nSPS) is 11.3. The summed E-state index contributed by atoms with van der Waals surface area (Å²) < 4.78 is 4.80. The summed E-state index contributed by atoms with van der Waals surface area (Å²) in [6.45, 7) is 0. The molecule has 0 fully saturated rings. The maximum absolute atomic E-state index is 11.8. The van der Waals surface area contributed by atoms with Gasteiger partial charge in [0, 0.05) is 10.2 Å². The Kier molecular flexibility index (Phi) is 4.70. The van der Waals surface area contributed by atoms with Crippen LogP contribution in [0.3, 0.4) is 0 Å². The van der Waals surface area contributed by atoms with Crippen molar-refractivity contribution in [1.29, 1.82) is 0 Å². The molecule has 15 heavy (non-hydrogen) atoms. The van der Waals surface area contributed by atoms with E-state index < -0.39 is 0 Å². The van der Waals surface area contributed by atoms with Gasteiger partial charge in [-0.3, -0.25) is 4.79 Å². The second-order valence-electron chi connectivity index (χ2n) is 2.37. The van der Waals surface area contributed by atoms with Gasteiger partial charge in [-0.05, 0) is 5.16 Å². The Hall–Kier alpha value is -0.950. The van der Waals surface area contributed by atoms with Crippen LogP contribution in [0.5, 0.6) is 0 Å². The smallest absolute Gasteiger partial charge is 0.300 e. The molecule has 0 saturated heterocycles. The lowest BCUT2D eigenvalue weighted by Crippen LogP contribution is -2.18. The van der Waals surface area contributed by atoms with Crippen LogP contribution in [0.2, 0.25) is 0 Å². The third-order valence-electron chi connectivity index (χ3n) is 1.54. The average molecular weight is 293 g/mol. The first-order valence-electron chi connectivity index (χ1n) is 3.92. The van der Waals surface area contributed by atoms with Crippen molar-refractivity contribution in [1.82, 2.24) is 4.98 Å². The fourth-order valence-corrected chi connectivity index (χ4v) is 2.17. The largest absolute Gasteiger partial charge is 0.476 e. The van der Waals surface area contributed by atoms with Gasteiger partial charge in [-0.15, -0.1) is 11.3 Å². The molecule has 7 heteroatoms. The fourth-order valence-electron chi connectivity index (χ4n) is 0.906. The first-order chi connectivity index (χ1) is 7.24. The van der Waals surface area contributed by atoms with Crippen molar-refractivity contribution in [3.8, 4) is 0 Å². The van der Waals surface area contributed by atoms with E-state index in [2.05, 4.69) is 30.9 Å². The molecule has 1 aromatic rings. The lowest BCUT2D eigenvalue weighted by Gasteiger charge is -2.01. The Bertz CT molecular complexity index is 378. The topological polar surface area (TPSA) is 60.8 Å². The van der Waals surface area contributed by atoms with Gasteiger partial charge in [0.15, 0.2) is 0 Å². The molecule has 0 amide bonds. The lowest BCUT2D eigenvalue weighted by molar-refractivity contribution is 0.101. The molecule has 5 nitrogen and oxygen atoms in total. The number of methoxy groups -OCH3 is 1. The minimum Gasteiger partial charge on any atom is -0.476 e. The molecule has 0 aromatic carbocycles. The lowest BCUT2D eigenvalue weighted by atomic mass is 10.2. The number of ether oxygens (including phenoxy) is 1. The Balaban J connectivity index is 2.98. The minimum absolute atomic E-state index is 0.106. The second kappa shape index (κ2) is 5.82. The number of hydrogen-bond acceptors (Lipinski definition) is 6. The number of aromatic nitrogens is 1. The van der Waals surface area contributed by atoms with Gasteiger partial charge in [-0.1, -0.05) is 15.9 Å². The van der Waals surface area contributed by atoms with Gasteiger partial charge < -0.3 is 9.57 Å². The van der Waals surface area contributed by atoms with Crippen LogP contribution in [-0.2, 0) is 14.9 Å². The predicted octanol–water partition coefficient (Wildman–Crippen LogP) is 1.83. The molecule has 0 aliphatic heterocycles. The molecule has 82 valence electrons. The number of oxime groups is 1. The number of alkyl halides is 1. The van der Waals surface area contributed by atoms with E-state index in [1.165, 1.54) is 25.6 Å². The fraction of sp³-hybridized carbons (Fsp3) is 0.375. The Morgan fingerprint density at radius 3 is 2.93 bits per heavy atom. The number of nitrogens with zero attached hydrogens (tertiary/aromatic N) is 2. The van der Waals surface area contributed by atoms with Gasteiger partial charge in [0.1, 0.15) is 12.8 Å². The molecule has 1 aromatic heterocycles. The zero-order valence-electron chi connectivity index (χ0n) is 8.19. The molecule has 0 atom stereocenters. The van der Waals surface area contributed by atoms with Gasteiger partial charge in [-0.25, -0.2) is 4.98 Å². The van der Waals surface area contributed by atoms with E-state index in [0.717, 1.165) is 4.88 Å². The molecule has 0 N–H and O–H groups in total. The number of Topliss-reactive ketones (excluding diaryl/α,β-unsaturated/α-hetero) is 1. The molecule has 0 saturated carbocycles. The quantitative estimate of drug-likeness (QED) is 0.279. The van der Waals surface area contributed by atoms with Gasteiger partial charge in [0.2, 0.25) is 0 Å². The Labute approximate surface area is 99.2 Å². The summed E-state index contributed by atoms with van der Waals surface area (Å²) in [6, 6.07) is 0. The molecule has 0 bridgehead atoms. The van der Waals surface area contributed by atoms with E-state index in [-0.39, 0.29) is 11.7 Å². The summed E-state index contributed by atoms with van der Waals surface area (Å²) in [4.78, 5) is 21.1. The monoisotopic (exact) mass is 292 g/mol. The van der Waals surface area contributed by atoms with Crippen molar-refractivity contribution < 1.29 is 14.4 Å². The number of hydrogen-bond donors (Lipinski definition) is 0. The van der Waals surface area contributed by atoms with Gasteiger partial charge in [-0.2, -0.15) is 0 Å². The number of halogens is 1. The van der Waals surface area contributed by atoms with Crippen LogP contribution >= 0.6 is 27.3 Å². The van der Waals surface area contributed by atoms with Crippen LogP contribution < -0.4 is 0 Å². The van der Waals surface area contributed by atoms with Crippen LogP contribution in [0.15, 0.2) is 10.7 Å². The summed E-state index contributed by atoms with van der Waals surface area (Å²) in [6.07, 6.45) is 0. The van der Waals surface area contributed by atoms with E-state index in [1.807, 2.05) is 0 Å². The van der Waals surface area contributed by atoms with Crippen molar-refractivity contribution in [3.63, 3.8) is 0 Å². The Morgan fingerprint density at radius 2 is 2.40 bits per heavy atom. The van der Waals surface area contributed by atoms with Gasteiger partial charge in [0.05, 0.1) is 12.6 Å². The summed E-state index contributed by atoms with van der Waals surface area (Å²) in [5, 5.41) is 4.04. The van der Waals surface area contributed by atoms with E-state index in [4.69, 9.17) is 4.74 Å². The van der Waals surface area contributed by atoms with E-state index >= 15 is 0 Å². The zero-order valence-corrected chi connectivity index (χ0v) is 10.6. The van der Waals surface area contributed by atoms with Crippen LogP contribution in [-0.4, -0.2) is 30.9 Å². The van der Waals surface area contributed by atoms with Gasteiger partial charge >= 0.3 is 5.90 Å². The summed E-state index contributed by atoms with van der Waals surface area (Å²) in [5.74, 6) is -0.486. The third-order valence-corrected chi connectivity index (χ3v) is 3.30. The van der Waals surface area contributed by atoms with Crippen molar-refractivity contribution in [2.24, 2.45) is 5.16 Å². The van der Waals surface area contributed by atoms with Crippen molar-refractivity contribution >= 4 is 38.9 Å². The number of thiazole rings is 1. The van der Waals surface area contributed by atoms with Crippen molar-refractivity contribution in [3.05, 3.63) is 16.1 Å². The van der Waals surface area contributed by atoms with Crippen molar-refractivity contribution in [2.45, 2.75) is 5.33 Å². The third kappa shape index (κ3) is 2.75. The highest BCUT2D eigenvalue weighted by Crippen LogP contribution is 2.17. The maximum Gasteiger partial charge on any atom is 0.300 e. The van der Waals surface area contributed by atoms with Gasteiger partial charge in [0.25, 0.3) is 5.78 Å². The molecule has 1 heterocycles. The predicted molar refractivity (Wildman–Crippen MR) is 60.5 cm³/mol. The molecule has 1 rings (SSSR count). The van der Waals surface area contributed by atoms with Crippen LogP contribution in [0.4, 0.5) is 0 Å². The molecule has 0 spiro atoms. The SMILES string of the molecule is CON=C(OC)C(=O)c1ncsc1CBr.